The Balaban J connectivity index is 3.19. The number of hydrogen-bond acceptors (Lipinski definition) is 3. The van der Waals surface area contributed by atoms with E-state index in [1.807, 2.05) is 0 Å². The average molecular weight is 389 g/mol. The van der Waals surface area contributed by atoms with Crippen molar-refractivity contribution in [2.45, 2.75) is 6.92 Å². The number of halogens is 3. The number of ether oxygens (including phenoxy) is 1. The fourth-order valence-corrected chi connectivity index (χ4v) is 2.37. The number of rotatable bonds is 2. The van der Waals surface area contributed by atoms with Crippen molar-refractivity contribution in [2.75, 3.05) is 6.61 Å². The molecule has 0 aromatic heterocycles. The van der Waals surface area contributed by atoms with Crippen LogP contribution in [0.1, 0.15) is 6.92 Å². The topological polar surface area (TPSA) is 43.4 Å². The van der Waals surface area contributed by atoms with Crippen molar-refractivity contribution in [2.24, 2.45) is 0 Å². The summed E-state index contributed by atoms with van der Waals surface area (Å²) >= 11 is 9.07. The first kappa shape index (κ1) is 12.1. The molecule has 0 bridgehead atoms. The summed E-state index contributed by atoms with van der Waals surface area (Å²) in [6, 6.07) is 0. The van der Waals surface area contributed by atoms with Crippen LogP contribution < -0.4 is 0 Å². The van der Waals surface area contributed by atoms with E-state index in [9.17, 15) is 9.59 Å². The van der Waals surface area contributed by atoms with Gasteiger partial charge < -0.3 is 4.74 Å². The summed E-state index contributed by atoms with van der Waals surface area (Å²) in [5, 5.41) is 0. The lowest BCUT2D eigenvalue weighted by atomic mass is 10.1. The normalized spacial score (nSPS) is 18.0. The van der Waals surface area contributed by atoms with Gasteiger partial charge in [0, 0.05) is 0 Å². The maximum absolute atomic E-state index is 11.6. The molecule has 1 rings (SSSR count). The second-order valence-corrected chi connectivity index (χ2v) is 4.74. The van der Waals surface area contributed by atoms with Crippen LogP contribution in [-0.2, 0) is 14.3 Å². The number of ketones is 2. The molecule has 0 heterocycles. The molecule has 3 nitrogen and oxygen atoms in total. The lowest BCUT2D eigenvalue weighted by molar-refractivity contribution is -0.117. The first-order chi connectivity index (χ1) is 6.50. The van der Waals surface area contributed by atoms with Crippen molar-refractivity contribution in [1.82, 2.24) is 0 Å². The van der Waals surface area contributed by atoms with Gasteiger partial charge in [-0.3, -0.25) is 9.59 Å². The van der Waals surface area contributed by atoms with Gasteiger partial charge in [0.1, 0.15) is 4.48 Å². The zero-order chi connectivity index (χ0) is 10.9. The fourth-order valence-electron chi connectivity index (χ4n) is 0.871. The summed E-state index contributed by atoms with van der Waals surface area (Å²) < 4.78 is 5.62. The molecule has 1 aliphatic rings. The van der Waals surface area contributed by atoms with Crippen molar-refractivity contribution in [3.8, 4) is 0 Å². The Labute approximate surface area is 106 Å². The van der Waals surface area contributed by atoms with E-state index in [2.05, 4.69) is 47.8 Å². The van der Waals surface area contributed by atoms with Crippen LogP contribution >= 0.6 is 47.8 Å². The molecule has 0 unspecified atom stereocenters. The van der Waals surface area contributed by atoms with E-state index in [1.165, 1.54) is 0 Å². The van der Waals surface area contributed by atoms with Crippen molar-refractivity contribution in [3.63, 3.8) is 0 Å². The Morgan fingerprint density at radius 2 is 1.50 bits per heavy atom. The number of carbonyl (C=O) groups is 2. The first-order valence-corrected chi connectivity index (χ1v) is 6.05. The number of Topliss-reactive ketones (excluding diaryl/α,β-unsaturated/α-hetero) is 2. The summed E-state index contributed by atoms with van der Waals surface area (Å²) in [5.74, 6) is -0.599. The molecule has 0 atom stereocenters. The predicted molar refractivity (Wildman–Crippen MR) is 62.5 cm³/mol. The molecule has 0 aromatic rings. The van der Waals surface area contributed by atoms with E-state index in [1.54, 1.807) is 6.92 Å². The lowest BCUT2D eigenvalue weighted by Gasteiger charge is -2.14. The molecule has 0 saturated carbocycles. The summed E-state index contributed by atoms with van der Waals surface area (Å²) in [7, 11) is 0. The van der Waals surface area contributed by atoms with Gasteiger partial charge in [-0.25, -0.2) is 0 Å². The second kappa shape index (κ2) is 4.72. The number of hydrogen-bond donors (Lipinski definition) is 0. The van der Waals surface area contributed by atoms with Crippen molar-refractivity contribution < 1.29 is 14.3 Å². The lowest BCUT2D eigenvalue weighted by Crippen LogP contribution is -2.19. The van der Waals surface area contributed by atoms with E-state index in [4.69, 9.17) is 4.74 Å². The smallest absolute Gasteiger partial charge is 0.237 e. The zero-order valence-electron chi connectivity index (χ0n) is 7.07. The summed E-state index contributed by atoms with van der Waals surface area (Å²) in [6.07, 6.45) is 0. The summed E-state index contributed by atoms with van der Waals surface area (Å²) in [6.45, 7) is 2.08. The Hall–Kier alpha value is 0.0600. The van der Waals surface area contributed by atoms with Gasteiger partial charge in [-0.05, 0) is 54.7 Å². The molecule has 0 radical (unpaired) electrons. The van der Waals surface area contributed by atoms with Gasteiger partial charge in [0.2, 0.25) is 11.6 Å². The average Bonchev–Trinajstić information content (AvgIpc) is 2.19. The van der Waals surface area contributed by atoms with Gasteiger partial charge in [-0.1, -0.05) is 0 Å². The standard InChI is InChI=1S/C8H5Br3O3/c1-2-14-8-5(11)6(12)3(9)4(10)7(8)13/h2H2,1H3. The first-order valence-electron chi connectivity index (χ1n) is 3.68. The van der Waals surface area contributed by atoms with Crippen LogP contribution in [0.5, 0.6) is 0 Å². The SMILES string of the molecule is CCOC1=C(Br)C(=O)C(Br)=C(Br)C1=O. The van der Waals surface area contributed by atoms with Gasteiger partial charge in [0.05, 0.1) is 15.6 Å². The van der Waals surface area contributed by atoms with Gasteiger partial charge in [-0.2, -0.15) is 0 Å². The molecule has 0 N–H and O–H groups in total. The molecule has 0 aromatic carbocycles. The minimum absolute atomic E-state index is 0.0487. The van der Waals surface area contributed by atoms with E-state index in [0.717, 1.165) is 0 Å². The second-order valence-electron chi connectivity index (χ2n) is 2.36. The largest absolute Gasteiger partial charge is 0.488 e. The molecular weight excluding hydrogens is 384 g/mol. The Kier molecular flexibility index (Phi) is 4.09. The third kappa shape index (κ3) is 2.01. The van der Waals surface area contributed by atoms with Crippen molar-refractivity contribution >= 4 is 59.4 Å². The van der Waals surface area contributed by atoms with Gasteiger partial charge in [0.25, 0.3) is 0 Å². The number of carbonyl (C=O) groups excluding carboxylic acids is 2. The molecule has 0 amide bonds. The molecule has 0 spiro atoms. The van der Waals surface area contributed by atoms with Gasteiger partial charge >= 0.3 is 0 Å². The van der Waals surface area contributed by atoms with Crippen LogP contribution in [-0.4, -0.2) is 18.2 Å². The Bertz CT molecular complexity index is 368. The van der Waals surface area contributed by atoms with Crippen molar-refractivity contribution in [1.29, 1.82) is 0 Å². The highest BCUT2D eigenvalue weighted by molar-refractivity contribution is 9.15. The maximum atomic E-state index is 11.6. The molecule has 76 valence electrons. The highest BCUT2D eigenvalue weighted by Gasteiger charge is 2.32. The molecule has 6 heteroatoms. The van der Waals surface area contributed by atoms with Crippen LogP contribution in [0.25, 0.3) is 0 Å². The van der Waals surface area contributed by atoms with E-state index >= 15 is 0 Å². The van der Waals surface area contributed by atoms with Gasteiger partial charge in [-0.15, -0.1) is 0 Å². The van der Waals surface area contributed by atoms with Gasteiger partial charge in [0.15, 0.2) is 5.76 Å². The predicted octanol–water partition coefficient (Wildman–Crippen LogP) is 2.78. The van der Waals surface area contributed by atoms with Crippen LogP contribution in [0.4, 0.5) is 0 Å². The molecule has 0 saturated heterocycles. The van der Waals surface area contributed by atoms with Crippen LogP contribution in [0, 0.1) is 0 Å². The van der Waals surface area contributed by atoms with E-state index < -0.39 is 0 Å². The van der Waals surface area contributed by atoms with Crippen LogP contribution in [0.3, 0.4) is 0 Å². The third-order valence-corrected chi connectivity index (χ3v) is 4.25. The summed E-state index contributed by atoms with van der Waals surface area (Å²) in [4.78, 5) is 23.1. The Morgan fingerprint density at radius 3 is 2.00 bits per heavy atom. The minimum atomic E-state index is -0.342. The molecule has 1 aliphatic carbocycles. The highest BCUT2D eigenvalue weighted by Crippen LogP contribution is 2.34. The third-order valence-electron chi connectivity index (χ3n) is 1.49. The zero-order valence-corrected chi connectivity index (χ0v) is 11.8. The Morgan fingerprint density at radius 1 is 1.00 bits per heavy atom. The molecule has 14 heavy (non-hydrogen) atoms. The molecule has 0 fully saturated rings. The minimum Gasteiger partial charge on any atom is -0.488 e. The fraction of sp³-hybridized carbons (Fsp3) is 0.250. The molecule has 0 aliphatic heterocycles. The summed E-state index contributed by atoms with van der Waals surface area (Å²) in [5.41, 5.74) is 0. The van der Waals surface area contributed by atoms with Crippen molar-refractivity contribution in [3.05, 3.63) is 19.2 Å². The van der Waals surface area contributed by atoms with E-state index in [-0.39, 0.29) is 30.8 Å². The molecular formula is C8H5Br3O3. The monoisotopic (exact) mass is 386 g/mol. The number of allylic oxidation sites excluding steroid dienone is 3. The van der Waals surface area contributed by atoms with Crippen LogP contribution in [0.2, 0.25) is 0 Å². The maximum Gasteiger partial charge on any atom is 0.237 e. The van der Waals surface area contributed by atoms with Crippen LogP contribution in [0.15, 0.2) is 19.2 Å². The van der Waals surface area contributed by atoms with E-state index in [0.29, 0.717) is 6.61 Å². The quantitative estimate of drug-likeness (QED) is 0.683. The highest BCUT2D eigenvalue weighted by atomic mass is 79.9.